The van der Waals surface area contributed by atoms with Crippen LogP contribution in [-0.4, -0.2) is 27.6 Å². The molecule has 0 aliphatic carbocycles. The van der Waals surface area contributed by atoms with E-state index in [1.165, 1.54) is 6.20 Å². The van der Waals surface area contributed by atoms with Gasteiger partial charge >= 0.3 is 0 Å². The van der Waals surface area contributed by atoms with Crippen molar-refractivity contribution < 1.29 is 9.90 Å². The normalized spacial score (nSPS) is 13.1. The van der Waals surface area contributed by atoms with Crippen LogP contribution in [0.2, 0.25) is 0 Å². The molecule has 0 bridgehead atoms. The lowest BCUT2D eigenvalue weighted by atomic mass is 10.1. The summed E-state index contributed by atoms with van der Waals surface area (Å²) < 4.78 is 0. The summed E-state index contributed by atoms with van der Waals surface area (Å²) in [6.07, 6.45) is 1.39. The molecule has 1 atom stereocenters. The van der Waals surface area contributed by atoms with E-state index in [1.807, 2.05) is 27.7 Å². The van der Waals surface area contributed by atoms with E-state index in [1.54, 1.807) is 12.1 Å². The molecule has 1 rings (SSSR count). The molecule has 0 aliphatic heterocycles. The average molecular weight is 251 g/mol. The number of carbonyl (C=O) groups is 1. The number of carbonyl (C=O) groups excluding carboxylic acids is 1. The molecule has 3 N–H and O–H groups in total. The maximum Gasteiger partial charge on any atom is 0.237 e. The van der Waals surface area contributed by atoms with Gasteiger partial charge in [-0.05, 0) is 39.8 Å². The van der Waals surface area contributed by atoms with Gasteiger partial charge < -0.3 is 15.7 Å². The largest absolute Gasteiger partial charge is 0.506 e. The molecule has 0 aliphatic rings. The number of pyridine rings is 1. The van der Waals surface area contributed by atoms with Crippen LogP contribution >= 0.6 is 0 Å². The lowest BCUT2D eigenvalue weighted by Crippen LogP contribution is -2.49. The van der Waals surface area contributed by atoms with Crippen LogP contribution in [0.4, 0.5) is 0 Å². The van der Waals surface area contributed by atoms with Gasteiger partial charge in [0.1, 0.15) is 5.75 Å². The van der Waals surface area contributed by atoms with Gasteiger partial charge in [-0.2, -0.15) is 0 Å². The number of nitrogens with one attached hydrogen (secondary N) is 2. The molecular weight excluding hydrogens is 230 g/mol. The van der Waals surface area contributed by atoms with Gasteiger partial charge in [-0.25, -0.2) is 0 Å². The maximum absolute atomic E-state index is 11.8. The van der Waals surface area contributed by atoms with Gasteiger partial charge in [-0.15, -0.1) is 0 Å². The van der Waals surface area contributed by atoms with Gasteiger partial charge in [-0.1, -0.05) is 0 Å². The van der Waals surface area contributed by atoms with Crippen molar-refractivity contribution in [1.29, 1.82) is 0 Å². The molecule has 5 nitrogen and oxygen atoms in total. The van der Waals surface area contributed by atoms with Crippen molar-refractivity contribution >= 4 is 5.91 Å². The Kier molecular flexibility index (Phi) is 4.67. The van der Waals surface area contributed by atoms with Crippen LogP contribution in [0.25, 0.3) is 0 Å². The Hall–Kier alpha value is -1.62. The highest BCUT2D eigenvalue weighted by molar-refractivity contribution is 5.81. The minimum Gasteiger partial charge on any atom is -0.506 e. The number of amides is 1. The second kappa shape index (κ2) is 5.82. The van der Waals surface area contributed by atoms with Crippen LogP contribution in [0.5, 0.6) is 5.75 Å². The third-order valence-corrected chi connectivity index (χ3v) is 2.29. The van der Waals surface area contributed by atoms with Crippen LogP contribution in [0.3, 0.4) is 0 Å². The number of aromatic hydroxyl groups is 1. The number of hydrogen-bond donors (Lipinski definition) is 3. The predicted molar refractivity (Wildman–Crippen MR) is 70.1 cm³/mol. The Balaban J connectivity index is 2.43. The summed E-state index contributed by atoms with van der Waals surface area (Å²) in [6.45, 7) is 8.12. The minimum absolute atomic E-state index is 0.0405. The van der Waals surface area contributed by atoms with E-state index in [0.29, 0.717) is 6.54 Å². The molecule has 1 amide bonds. The van der Waals surface area contributed by atoms with Gasteiger partial charge in [0.15, 0.2) is 0 Å². The Labute approximate surface area is 108 Å². The lowest BCUT2D eigenvalue weighted by Gasteiger charge is -2.23. The van der Waals surface area contributed by atoms with Crippen LogP contribution < -0.4 is 10.6 Å². The van der Waals surface area contributed by atoms with Crippen LogP contribution in [-0.2, 0) is 11.3 Å². The third-order valence-electron chi connectivity index (χ3n) is 2.29. The summed E-state index contributed by atoms with van der Waals surface area (Å²) in [5, 5.41) is 15.1. The molecule has 5 heteroatoms. The van der Waals surface area contributed by atoms with Crippen molar-refractivity contribution in [3.63, 3.8) is 0 Å². The average Bonchev–Trinajstić information content (AvgIpc) is 2.25. The first-order chi connectivity index (χ1) is 8.28. The Morgan fingerprint density at radius 3 is 2.61 bits per heavy atom. The van der Waals surface area contributed by atoms with Crippen molar-refractivity contribution in [2.45, 2.75) is 45.8 Å². The molecule has 0 spiro atoms. The van der Waals surface area contributed by atoms with Crippen LogP contribution in [0, 0.1) is 0 Å². The van der Waals surface area contributed by atoms with Crippen molar-refractivity contribution in [1.82, 2.24) is 15.6 Å². The summed E-state index contributed by atoms with van der Waals surface area (Å²) in [6, 6.07) is 3.00. The van der Waals surface area contributed by atoms with E-state index >= 15 is 0 Å². The molecule has 0 aromatic carbocycles. The van der Waals surface area contributed by atoms with Crippen molar-refractivity contribution in [2.75, 3.05) is 0 Å². The minimum atomic E-state index is -0.292. The zero-order valence-electron chi connectivity index (χ0n) is 11.3. The molecule has 0 radical (unpaired) electrons. The SMILES string of the molecule is CC(NCc1ccc(O)cn1)C(=O)NC(C)(C)C. The first-order valence-electron chi connectivity index (χ1n) is 5.97. The highest BCUT2D eigenvalue weighted by Gasteiger charge is 2.18. The number of aromatic nitrogens is 1. The van der Waals surface area contributed by atoms with E-state index in [9.17, 15) is 4.79 Å². The van der Waals surface area contributed by atoms with Crippen molar-refractivity contribution in [3.05, 3.63) is 24.0 Å². The second-order valence-corrected chi connectivity index (χ2v) is 5.35. The summed E-state index contributed by atoms with van der Waals surface area (Å²) >= 11 is 0. The topological polar surface area (TPSA) is 74.2 Å². The molecule has 0 saturated carbocycles. The van der Waals surface area contributed by atoms with E-state index in [0.717, 1.165) is 5.69 Å². The zero-order chi connectivity index (χ0) is 13.8. The fourth-order valence-electron chi connectivity index (χ4n) is 1.35. The predicted octanol–water partition coefficient (Wildman–Crippen LogP) is 1.18. The van der Waals surface area contributed by atoms with Gasteiger partial charge in [0.2, 0.25) is 5.91 Å². The van der Waals surface area contributed by atoms with E-state index in [2.05, 4.69) is 15.6 Å². The summed E-state index contributed by atoms with van der Waals surface area (Å²) in [4.78, 5) is 15.8. The smallest absolute Gasteiger partial charge is 0.237 e. The van der Waals surface area contributed by atoms with E-state index in [4.69, 9.17) is 5.11 Å². The fraction of sp³-hybridized carbons (Fsp3) is 0.538. The zero-order valence-corrected chi connectivity index (χ0v) is 11.3. The molecule has 100 valence electrons. The van der Waals surface area contributed by atoms with Gasteiger partial charge in [0.25, 0.3) is 0 Å². The Morgan fingerprint density at radius 2 is 2.11 bits per heavy atom. The van der Waals surface area contributed by atoms with Gasteiger partial charge in [0.05, 0.1) is 17.9 Å². The number of hydrogen-bond acceptors (Lipinski definition) is 4. The quantitative estimate of drug-likeness (QED) is 0.751. The van der Waals surface area contributed by atoms with Gasteiger partial charge in [0, 0.05) is 12.1 Å². The summed E-state index contributed by atoms with van der Waals surface area (Å²) in [5.41, 5.74) is 0.548. The number of rotatable bonds is 4. The van der Waals surface area contributed by atoms with Crippen molar-refractivity contribution in [2.24, 2.45) is 0 Å². The Bertz CT molecular complexity index is 396. The first kappa shape index (κ1) is 14.4. The third kappa shape index (κ3) is 5.14. The highest BCUT2D eigenvalue weighted by Crippen LogP contribution is 2.06. The maximum atomic E-state index is 11.8. The molecule has 1 unspecified atom stereocenters. The molecule has 0 saturated heterocycles. The molecule has 0 fully saturated rings. The molecule has 1 aromatic heterocycles. The van der Waals surface area contributed by atoms with E-state index < -0.39 is 0 Å². The van der Waals surface area contributed by atoms with Crippen molar-refractivity contribution in [3.8, 4) is 5.75 Å². The standard InChI is InChI=1S/C13H21N3O2/c1-9(12(18)16-13(2,3)4)14-7-10-5-6-11(17)8-15-10/h5-6,8-9,14,17H,7H2,1-4H3,(H,16,18). The fourth-order valence-corrected chi connectivity index (χ4v) is 1.35. The molecule has 1 heterocycles. The second-order valence-electron chi connectivity index (χ2n) is 5.35. The van der Waals surface area contributed by atoms with E-state index in [-0.39, 0.29) is 23.2 Å². The van der Waals surface area contributed by atoms with Gasteiger partial charge in [-0.3, -0.25) is 9.78 Å². The molecule has 1 aromatic rings. The van der Waals surface area contributed by atoms with Crippen LogP contribution in [0.15, 0.2) is 18.3 Å². The monoisotopic (exact) mass is 251 g/mol. The van der Waals surface area contributed by atoms with Crippen LogP contribution in [0.1, 0.15) is 33.4 Å². The summed E-state index contributed by atoms with van der Waals surface area (Å²) in [7, 11) is 0. The Morgan fingerprint density at radius 1 is 1.44 bits per heavy atom. The molecule has 18 heavy (non-hydrogen) atoms. The molecular formula is C13H21N3O2. The first-order valence-corrected chi connectivity index (χ1v) is 5.97. The summed E-state index contributed by atoms with van der Waals surface area (Å²) in [5.74, 6) is 0.0959. The highest BCUT2D eigenvalue weighted by atomic mass is 16.3. The lowest BCUT2D eigenvalue weighted by molar-refractivity contribution is -0.124. The number of nitrogens with zero attached hydrogens (tertiary/aromatic N) is 1.